The predicted molar refractivity (Wildman–Crippen MR) is 57.9 cm³/mol. The molecule has 1 saturated heterocycles. The van der Waals surface area contributed by atoms with Crippen molar-refractivity contribution in [2.75, 3.05) is 26.7 Å². The van der Waals surface area contributed by atoms with E-state index in [2.05, 4.69) is 38.0 Å². The van der Waals surface area contributed by atoms with Gasteiger partial charge in [0.25, 0.3) is 0 Å². The highest BCUT2D eigenvalue weighted by atomic mass is 15.2. The summed E-state index contributed by atoms with van der Waals surface area (Å²) in [6, 6.07) is 0.709. The lowest BCUT2D eigenvalue weighted by Gasteiger charge is -2.39. The van der Waals surface area contributed by atoms with Crippen molar-refractivity contribution in [2.45, 2.75) is 33.2 Å². The maximum absolute atomic E-state index is 3.41. The first kappa shape index (κ1) is 11.0. The van der Waals surface area contributed by atoms with E-state index in [9.17, 15) is 0 Å². The average Bonchev–Trinajstić information content (AvgIpc) is 2.16. The first-order chi connectivity index (χ1) is 6.17. The van der Waals surface area contributed by atoms with E-state index in [-0.39, 0.29) is 0 Å². The van der Waals surface area contributed by atoms with Gasteiger partial charge in [0.15, 0.2) is 0 Å². The van der Waals surface area contributed by atoms with Crippen LogP contribution in [0.2, 0.25) is 0 Å². The molecule has 0 bridgehead atoms. The molecule has 0 aromatic carbocycles. The molecule has 0 aromatic heterocycles. The van der Waals surface area contributed by atoms with Crippen LogP contribution in [0.1, 0.15) is 27.2 Å². The normalized spacial score (nSPS) is 31.2. The maximum atomic E-state index is 3.41. The number of likely N-dealkylation sites (tertiary alicyclic amines) is 1. The van der Waals surface area contributed by atoms with E-state index in [0.29, 0.717) is 6.04 Å². The molecule has 1 N–H and O–H groups in total. The van der Waals surface area contributed by atoms with Gasteiger partial charge in [-0.2, -0.15) is 0 Å². The topological polar surface area (TPSA) is 15.3 Å². The molecule has 1 rings (SSSR count). The lowest BCUT2D eigenvalue weighted by molar-refractivity contribution is 0.124. The van der Waals surface area contributed by atoms with Gasteiger partial charge in [0, 0.05) is 19.1 Å². The van der Waals surface area contributed by atoms with Crippen LogP contribution in [0, 0.1) is 11.8 Å². The highest BCUT2D eigenvalue weighted by Crippen LogP contribution is 2.23. The summed E-state index contributed by atoms with van der Waals surface area (Å²) >= 11 is 0. The molecule has 2 atom stereocenters. The molecule has 1 aliphatic heterocycles. The van der Waals surface area contributed by atoms with Crippen molar-refractivity contribution in [3.63, 3.8) is 0 Å². The molecule has 0 saturated carbocycles. The van der Waals surface area contributed by atoms with E-state index in [1.165, 1.54) is 26.1 Å². The lowest BCUT2D eigenvalue weighted by Crippen LogP contribution is -2.49. The van der Waals surface area contributed by atoms with Crippen molar-refractivity contribution in [3.8, 4) is 0 Å². The van der Waals surface area contributed by atoms with Crippen LogP contribution in [-0.4, -0.2) is 37.6 Å². The van der Waals surface area contributed by atoms with E-state index in [1.54, 1.807) is 0 Å². The van der Waals surface area contributed by atoms with Crippen LogP contribution >= 0.6 is 0 Å². The molecule has 1 heterocycles. The summed E-state index contributed by atoms with van der Waals surface area (Å²) in [6.07, 6.45) is 1.35. The van der Waals surface area contributed by atoms with E-state index in [4.69, 9.17) is 0 Å². The number of likely N-dealkylation sites (N-methyl/N-ethyl adjacent to an activating group) is 2. The van der Waals surface area contributed by atoms with Crippen molar-refractivity contribution in [3.05, 3.63) is 0 Å². The van der Waals surface area contributed by atoms with Crippen molar-refractivity contribution in [1.29, 1.82) is 0 Å². The van der Waals surface area contributed by atoms with Gasteiger partial charge >= 0.3 is 0 Å². The number of piperidine rings is 1. The fourth-order valence-corrected chi connectivity index (χ4v) is 2.18. The first-order valence-corrected chi connectivity index (χ1v) is 5.57. The standard InChI is InChI=1S/C11H24N2/c1-5-13-7-10(9(2)3)6-11(8-13)12-4/h9-12H,5-8H2,1-4H3. The summed E-state index contributed by atoms with van der Waals surface area (Å²) < 4.78 is 0. The number of hydrogen-bond acceptors (Lipinski definition) is 2. The molecule has 1 fully saturated rings. The van der Waals surface area contributed by atoms with Crippen molar-refractivity contribution < 1.29 is 0 Å². The van der Waals surface area contributed by atoms with Crippen LogP contribution < -0.4 is 5.32 Å². The Balaban J connectivity index is 2.49. The quantitative estimate of drug-likeness (QED) is 0.716. The molecular formula is C11H24N2. The number of rotatable bonds is 3. The third-order valence-corrected chi connectivity index (χ3v) is 3.36. The van der Waals surface area contributed by atoms with E-state index >= 15 is 0 Å². The Morgan fingerprint density at radius 2 is 2.08 bits per heavy atom. The molecule has 0 radical (unpaired) electrons. The summed E-state index contributed by atoms with van der Waals surface area (Å²) in [5, 5.41) is 3.41. The molecular weight excluding hydrogens is 160 g/mol. The summed E-state index contributed by atoms with van der Waals surface area (Å²) in [6.45, 7) is 10.7. The second-order valence-electron chi connectivity index (χ2n) is 4.58. The second-order valence-corrected chi connectivity index (χ2v) is 4.58. The molecule has 2 heteroatoms. The van der Waals surface area contributed by atoms with Gasteiger partial charge in [-0.1, -0.05) is 20.8 Å². The van der Waals surface area contributed by atoms with Crippen LogP contribution in [0.15, 0.2) is 0 Å². The molecule has 2 nitrogen and oxygen atoms in total. The average molecular weight is 184 g/mol. The highest BCUT2D eigenvalue weighted by molar-refractivity contribution is 4.83. The summed E-state index contributed by atoms with van der Waals surface area (Å²) in [5.74, 6) is 1.70. The fourth-order valence-electron chi connectivity index (χ4n) is 2.18. The smallest absolute Gasteiger partial charge is 0.0195 e. The predicted octanol–water partition coefficient (Wildman–Crippen LogP) is 1.57. The lowest BCUT2D eigenvalue weighted by atomic mass is 9.85. The number of nitrogens with one attached hydrogen (secondary N) is 1. The zero-order valence-electron chi connectivity index (χ0n) is 9.51. The molecule has 0 aliphatic carbocycles. The Morgan fingerprint density at radius 3 is 2.54 bits per heavy atom. The Hall–Kier alpha value is -0.0800. The van der Waals surface area contributed by atoms with Crippen molar-refractivity contribution in [1.82, 2.24) is 10.2 Å². The molecule has 0 spiro atoms. The zero-order valence-corrected chi connectivity index (χ0v) is 9.51. The monoisotopic (exact) mass is 184 g/mol. The Morgan fingerprint density at radius 1 is 1.38 bits per heavy atom. The fraction of sp³-hybridized carbons (Fsp3) is 1.00. The first-order valence-electron chi connectivity index (χ1n) is 5.57. The van der Waals surface area contributed by atoms with Crippen LogP contribution in [0.4, 0.5) is 0 Å². The van der Waals surface area contributed by atoms with Gasteiger partial charge in [-0.15, -0.1) is 0 Å². The van der Waals surface area contributed by atoms with E-state index in [0.717, 1.165) is 11.8 Å². The highest BCUT2D eigenvalue weighted by Gasteiger charge is 2.26. The summed E-state index contributed by atoms with van der Waals surface area (Å²) in [4.78, 5) is 2.56. The number of hydrogen-bond donors (Lipinski definition) is 1. The third-order valence-electron chi connectivity index (χ3n) is 3.36. The van der Waals surface area contributed by atoms with E-state index in [1.807, 2.05) is 0 Å². The molecule has 2 unspecified atom stereocenters. The van der Waals surface area contributed by atoms with Gasteiger partial charge < -0.3 is 10.2 Å². The SMILES string of the molecule is CCN1CC(NC)CC(C(C)C)C1. The number of nitrogens with zero attached hydrogens (tertiary/aromatic N) is 1. The van der Waals surface area contributed by atoms with Gasteiger partial charge in [0.1, 0.15) is 0 Å². The van der Waals surface area contributed by atoms with Gasteiger partial charge in [-0.05, 0) is 31.8 Å². The largest absolute Gasteiger partial charge is 0.316 e. The minimum Gasteiger partial charge on any atom is -0.316 e. The Kier molecular flexibility index (Phi) is 4.20. The Bertz CT molecular complexity index is 133. The Labute approximate surface area is 82.7 Å². The van der Waals surface area contributed by atoms with Crippen LogP contribution in [-0.2, 0) is 0 Å². The molecule has 1 aliphatic rings. The third kappa shape index (κ3) is 2.96. The molecule has 78 valence electrons. The molecule has 0 aromatic rings. The summed E-state index contributed by atoms with van der Waals surface area (Å²) in [5.41, 5.74) is 0. The van der Waals surface area contributed by atoms with Crippen LogP contribution in [0.3, 0.4) is 0 Å². The maximum Gasteiger partial charge on any atom is 0.0195 e. The van der Waals surface area contributed by atoms with Gasteiger partial charge in [-0.25, -0.2) is 0 Å². The van der Waals surface area contributed by atoms with Gasteiger partial charge in [-0.3, -0.25) is 0 Å². The molecule has 13 heavy (non-hydrogen) atoms. The van der Waals surface area contributed by atoms with Gasteiger partial charge in [0.2, 0.25) is 0 Å². The summed E-state index contributed by atoms with van der Waals surface area (Å²) in [7, 11) is 2.08. The van der Waals surface area contributed by atoms with Crippen molar-refractivity contribution >= 4 is 0 Å². The zero-order chi connectivity index (χ0) is 9.84. The van der Waals surface area contributed by atoms with Crippen LogP contribution in [0.25, 0.3) is 0 Å². The van der Waals surface area contributed by atoms with Crippen molar-refractivity contribution in [2.24, 2.45) is 11.8 Å². The minimum atomic E-state index is 0.709. The van der Waals surface area contributed by atoms with Crippen LogP contribution in [0.5, 0.6) is 0 Å². The molecule has 0 amide bonds. The minimum absolute atomic E-state index is 0.709. The van der Waals surface area contributed by atoms with Gasteiger partial charge in [0.05, 0.1) is 0 Å². The van der Waals surface area contributed by atoms with E-state index < -0.39 is 0 Å². The second kappa shape index (κ2) is 4.97.